The van der Waals surface area contributed by atoms with Gasteiger partial charge >= 0.3 is 0 Å². The molecule has 0 spiro atoms. The Morgan fingerprint density at radius 2 is 1.63 bits per heavy atom. The van der Waals surface area contributed by atoms with E-state index in [0.717, 1.165) is 23.6 Å². The van der Waals surface area contributed by atoms with Crippen LogP contribution in [0.3, 0.4) is 0 Å². The second-order valence-electron chi connectivity index (χ2n) is 4.59. The molecule has 1 fully saturated rings. The first-order valence-electron chi connectivity index (χ1n) is 6.01. The number of ether oxygens (including phenoxy) is 2. The molecule has 0 radical (unpaired) electrons. The quantitative estimate of drug-likeness (QED) is 0.869. The van der Waals surface area contributed by atoms with Crippen LogP contribution in [0, 0.1) is 0 Å². The van der Waals surface area contributed by atoms with Crippen LogP contribution in [-0.2, 0) is 0 Å². The van der Waals surface area contributed by atoms with Crippen LogP contribution in [-0.4, -0.2) is 18.8 Å². The van der Waals surface area contributed by atoms with E-state index in [-0.39, 0.29) is 18.0 Å². The Morgan fingerprint density at radius 1 is 1.05 bits per heavy atom. The van der Waals surface area contributed by atoms with Crippen LogP contribution in [0.25, 0.3) is 10.8 Å². The number of nitrogens with zero attached hydrogens (tertiary/aromatic N) is 1. The van der Waals surface area contributed by atoms with Gasteiger partial charge in [0.15, 0.2) is 11.5 Å². The third kappa shape index (κ3) is 2.40. The highest BCUT2D eigenvalue weighted by molar-refractivity contribution is 5.85. The van der Waals surface area contributed by atoms with Crippen molar-refractivity contribution in [3.8, 4) is 11.5 Å². The molecule has 102 valence electrons. The topological polar surface area (TPSA) is 40.5 Å². The number of pyridine rings is 1. The van der Waals surface area contributed by atoms with Gasteiger partial charge in [0.2, 0.25) is 0 Å². The maximum Gasteiger partial charge on any atom is 0.251 e. The molecule has 4 nitrogen and oxygen atoms in total. The molecule has 5 heteroatoms. The summed E-state index contributed by atoms with van der Waals surface area (Å²) in [6.45, 7) is 0. The van der Waals surface area contributed by atoms with Crippen LogP contribution in [0.5, 0.6) is 11.5 Å². The van der Waals surface area contributed by atoms with E-state index in [1.807, 2.05) is 22.9 Å². The molecule has 2 aromatic rings. The number of methoxy groups -OCH3 is 2. The molecular weight excluding hydrogens is 266 g/mol. The second-order valence-corrected chi connectivity index (χ2v) is 4.59. The van der Waals surface area contributed by atoms with Crippen molar-refractivity contribution in [2.45, 2.75) is 18.9 Å². The summed E-state index contributed by atoms with van der Waals surface area (Å²) in [5.41, 5.74) is 0.0530. The van der Waals surface area contributed by atoms with E-state index in [2.05, 4.69) is 0 Å². The number of hydrogen-bond donors (Lipinski definition) is 0. The summed E-state index contributed by atoms with van der Waals surface area (Å²) in [4.78, 5) is 12.0. The smallest absolute Gasteiger partial charge is 0.251 e. The van der Waals surface area contributed by atoms with Gasteiger partial charge in [0.25, 0.3) is 5.56 Å². The summed E-state index contributed by atoms with van der Waals surface area (Å²) in [6, 6.07) is 5.80. The van der Waals surface area contributed by atoms with Gasteiger partial charge in [0, 0.05) is 23.7 Å². The van der Waals surface area contributed by atoms with Gasteiger partial charge in [-0.15, -0.1) is 12.4 Å². The molecule has 0 unspecified atom stereocenters. The van der Waals surface area contributed by atoms with Gasteiger partial charge in [-0.3, -0.25) is 4.79 Å². The van der Waals surface area contributed by atoms with Gasteiger partial charge in [0.05, 0.1) is 14.2 Å². The molecular formula is C14H16ClNO3. The second kappa shape index (κ2) is 5.13. The van der Waals surface area contributed by atoms with Gasteiger partial charge in [-0.05, 0) is 30.4 Å². The predicted molar refractivity (Wildman–Crippen MR) is 76.8 cm³/mol. The average molecular weight is 282 g/mol. The van der Waals surface area contributed by atoms with Crippen molar-refractivity contribution in [2.24, 2.45) is 0 Å². The van der Waals surface area contributed by atoms with E-state index >= 15 is 0 Å². The van der Waals surface area contributed by atoms with Crippen LogP contribution in [0.15, 0.2) is 29.2 Å². The lowest BCUT2D eigenvalue weighted by molar-refractivity contribution is 0.356. The fourth-order valence-electron chi connectivity index (χ4n) is 2.21. The van der Waals surface area contributed by atoms with Gasteiger partial charge in [-0.25, -0.2) is 0 Å². The summed E-state index contributed by atoms with van der Waals surface area (Å²) in [5.74, 6) is 1.33. The van der Waals surface area contributed by atoms with Gasteiger partial charge in [0.1, 0.15) is 0 Å². The monoisotopic (exact) mass is 281 g/mol. The Labute approximate surface area is 117 Å². The van der Waals surface area contributed by atoms with Crippen LogP contribution < -0.4 is 15.0 Å². The molecule has 1 aliphatic carbocycles. The molecule has 3 rings (SSSR count). The average Bonchev–Trinajstić information content (AvgIpc) is 3.20. The van der Waals surface area contributed by atoms with Crippen molar-refractivity contribution >= 4 is 23.2 Å². The van der Waals surface area contributed by atoms with Crippen molar-refractivity contribution in [2.75, 3.05) is 14.2 Å². The number of benzene rings is 1. The van der Waals surface area contributed by atoms with Gasteiger partial charge in [-0.1, -0.05) is 0 Å². The van der Waals surface area contributed by atoms with Crippen molar-refractivity contribution in [3.05, 3.63) is 34.7 Å². The van der Waals surface area contributed by atoms with Crippen molar-refractivity contribution in [1.82, 2.24) is 4.57 Å². The first kappa shape index (κ1) is 13.7. The minimum atomic E-state index is 0. The Kier molecular flexibility index (Phi) is 3.71. The van der Waals surface area contributed by atoms with Crippen LogP contribution in [0.4, 0.5) is 0 Å². The van der Waals surface area contributed by atoms with Crippen molar-refractivity contribution in [1.29, 1.82) is 0 Å². The molecule has 1 aromatic carbocycles. The SMILES string of the molecule is COc1cc2cc(=O)n(C3CC3)cc2cc1OC.Cl. The largest absolute Gasteiger partial charge is 0.493 e. The van der Waals surface area contributed by atoms with Crippen LogP contribution in [0.2, 0.25) is 0 Å². The molecule has 0 bridgehead atoms. The number of fused-ring (bicyclic) bond motifs is 1. The Hall–Kier alpha value is -1.68. The number of halogens is 1. The van der Waals surface area contributed by atoms with E-state index in [9.17, 15) is 4.79 Å². The summed E-state index contributed by atoms with van der Waals surface area (Å²) < 4.78 is 12.3. The molecule has 1 aliphatic rings. The lowest BCUT2D eigenvalue weighted by atomic mass is 10.1. The molecule has 0 N–H and O–H groups in total. The fraction of sp³-hybridized carbons (Fsp3) is 0.357. The Bertz CT molecular complexity index is 662. The predicted octanol–water partition coefficient (Wildman–Crippen LogP) is 2.78. The fourth-order valence-corrected chi connectivity index (χ4v) is 2.21. The molecule has 0 saturated heterocycles. The maximum absolute atomic E-state index is 12.0. The first-order chi connectivity index (χ1) is 8.72. The molecule has 1 aromatic heterocycles. The van der Waals surface area contributed by atoms with Crippen LogP contribution >= 0.6 is 12.4 Å². The number of aromatic nitrogens is 1. The summed E-state index contributed by atoms with van der Waals surface area (Å²) in [7, 11) is 3.20. The molecule has 1 saturated carbocycles. The van der Waals surface area contributed by atoms with Crippen molar-refractivity contribution in [3.63, 3.8) is 0 Å². The molecule has 19 heavy (non-hydrogen) atoms. The van der Waals surface area contributed by atoms with Crippen molar-refractivity contribution < 1.29 is 9.47 Å². The maximum atomic E-state index is 12.0. The summed E-state index contributed by atoms with van der Waals surface area (Å²) in [6.07, 6.45) is 4.11. The summed E-state index contributed by atoms with van der Waals surface area (Å²) in [5, 5.41) is 1.88. The van der Waals surface area contributed by atoms with Gasteiger partial charge < -0.3 is 14.0 Å². The lowest BCUT2D eigenvalue weighted by Crippen LogP contribution is -2.16. The molecule has 0 amide bonds. The Balaban J connectivity index is 0.00000133. The summed E-state index contributed by atoms with van der Waals surface area (Å²) >= 11 is 0. The minimum Gasteiger partial charge on any atom is -0.493 e. The number of hydrogen-bond acceptors (Lipinski definition) is 3. The Morgan fingerprint density at radius 3 is 2.16 bits per heavy atom. The molecule has 0 atom stereocenters. The highest BCUT2D eigenvalue weighted by Gasteiger charge is 2.24. The normalized spacial score (nSPS) is 14.0. The first-order valence-corrected chi connectivity index (χ1v) is 6.01. The minimum absolute atomic E-state index is 0. The van der Waals surface area contributed by atoms with E-state index in [1.165, 1.54) is 0 Å². The lowest BCUT2D eigenvalue weighted by Gasteiger charge is -2.10. The van der Waals surface area contributed by atoms with E-state index < -0.39 is 0 Å². The third-order valence-corrected chi connectivity index (χ3v) is 3.34. The molecule has 0 aliphatic heterocycles. The standard InChI is InChI=1S/C14H15NO3.ClH/c1-17-12-5-9-7-14(16)15(11-3-4-11)8-10(9)6-13(12)18-2;/h5-8,11H,3-4H2,1-2H3;1H. The van der Waals surface area contributed by atoms with E-state index in [1.54, 1.807) is 20.3 Å². The highest BCUT2D eigenvalue weighted by Crippen LogP contribution is 2.36. The zero-order valence-corrected chi connectivity index (χ0v) is 11.7. The highest BCUT2D eigenvalue weighted by atomic mass is 35.5. The zero-order chi connectivity index (χ0) is 12.7. The van der Waals surface area contributed by atoms with E-state index in [0.29, 0.717) is 17.5 Å². The molecule has 1 heterocycles. The zero-order valence-electron chi connectivity index (χ0n) is 10.9. The van der Waals surface area contributed by atoms with Crippen LogP contribution in [0.1, 0.15) is 18.9 Å². The third-order valence-electron chi connectivity index (χ3n) is 3.34. The number of rotatable bonds is 3. The van der Waals surface area contributed by atoms with E-state index in [4.69, 9.17) is 9.47 Å². The van der Waals surface area contributed by atoms with Gasteiger partial charge in [-0.2, -0.15) is 0 Å².